The lowest BCUT2D eigenvalue weighted by Crippen LogP contribution is -2.43. The molecule has 0 unspecified atom stereocenters. The van der Waals surface area contributed by atoms with Crippen LogP contribution in [0.1, 0.15) is 44.9 Å². The van der Waals surface area contributed by atoms with E-state index < -0.39 is 0 Å². The topological polar surface area (TPSA) is 30.9 Å². The second-order valence-electron chi connectivity index (χ2n) is 6.18. The molecule has 1 saturated carbocycles. The van der Waals surface area contributed by atoms with Crippen molar-refractivity contribution in [2.75, 3.05) is 40.5 Å². The molecule has 1 saturated heterocycles. The average molecular weight is 285 g/mol. The number of methoxy groups -OCH3 is 2. The summed E-state index contributed by atoms with van der Waals surface area (Å²) in [6, 6.07) is 0. The minimum absolute atomic E-state index is 0.451. The molecule has 0 radical (unpaired) electrons. The smallest absolute Gasteiger partial charge is 0.0628 e. The molecule has 1 heterocycles. The number of nitrogens with zero attached hydrogens (tertiary/aromatic N) is 1. The molecule has 2 rings (SSSR count). The van der Waals surface area contributed by atoms with Gasteiger partial charge in [0.25, 0.3) is 0 Å². The molecule has 1 aliphatic carbocycles. The van der Waals surface area contributed by atoms with Crippen LogP contribution in [-0.4, -0.2) is 63.7 Å². The zero-order chi connectivity index (χ0) is 14.2. The Bertz CT molecular complexity index is 248. The van der Waals surface area contributed by atoms with Crippen molar-refractivity contribution in [1.29, 1.82) is 0 Å². The molecule has 4 heteroatoms. The molecular weight excluding hydrogens is 254 g/mol. The van der Waals surface area contributed by atoms with Crippen molar-refractivity contribution in [1.82, 2.24) is 4.90 Å². The van der Waals surface area contributed by atoms with Crippen molar-refractivity contribution in [3.63, 3.8) is 0 Å². The normalized spacial score (nSPS) is 28.5. The molecule has 2 fully saturated rings. The van der Waals surface area contributed by atoms with Gasteiger partial charge in [0, 0.05) is 33.9 Å². The standard InChI is InChI=1S/C16H31NO3/c1-18-11-5-3-4-8-17-9-6-14(7-10-17)20-16-12-15(13-16)19-2/h14-16H,3-13H2,1-2H3. The van der Waals surface area contributed by atoms with Gasteiger partial charge >= 0.3 is 0 Å². The van der Waals surface area contributed by atoms with Gasteiger partial charge in [-0.3, -0.25) is 0 Å². The molecule has 2 aliphatic rings. The zero-order valence-corrected chi connectivity index (χ0v) is 13.2. The van der Waals surface area contributed by atoms with E-state index in [1.165, 1.54) is 51.7 Å². The third-order valence-electron chi connectivity index (χ3n) is 4.63. The average Bonchev–Trinajstić information content (AvgIpc) is 2.43. The van der Waals surface area contributed by atoms with Crippen LogP contribution in [0.25, 0.3) is 0 Å². The number of ether oxygens (including phenoxy) is 3. The molecule has 20 heavy (non-hydrogen) atoms. The SMILES string of the molecule is COCCCCCN1CCC(OC2CC(OC)C2)CC1. The van der Waals surface area contributed by atoms with E-state index in [0.717, 1.165) is 19.4 Å². The maximum absolute atomic E-state index is 6.14. The second kappa shape index (κ2) is 8.98. The summed E-state index contributed by atoms with van der Waals surface area (Å²) in [5.74, 6) is 0. The number of likely N-dealkylation sites (tertiary alicyclic amines) is 1. The summed E-state index contributed by atoms with van der Waals surface area (Å²) in [5, 5.41) is 0. The molecule has 0 bridgehead atoms. The van der Waals surface area contributed by atoms with E-state index in [-0.39, 0.29) is 0 Å². The van der Waals surface area contributed by atoms with Gasteiger partial charge in [0.15, 0.2) is 0 Å². The highest BCUT2D eigenvalue weighted by Gasteiger charge is 2.32. The number of unbranched alkanes of at least 4 members (excludes halogenated alkanes) is 2. The zero-order valence-electron chi connectivity index (χ0n) is 13.2. The highest BCUT2D eigenvalue weighted by Crippen LogP contribution is 2.29. The lowest BCUT2D eigenvalue weighted by Gasteiger charge is -2.39. The summed E-state index contributed by atoms with van der Waals surface area (Å²) in [4.78, 5) is 2.59. The molecule has 0 aromatic rings. The van der Waals surface area contributed by atoms with E-state index in [0.29, 0.717) is 18.3 Å². The maximum atomic E-state index is 6.14. The van der Waals surface area contributed by atoms with Gasteiger partial charge in [-0.2, -0.15) is 0 Å². The quantitative estimate of drug-likeness (QED) is 0.609. The predicted octanol–water partition coefficient (Wildman–Crippen LogP) is 2.46. The number of hydrogen-bond acceptors (Lipinski definition) is 4. The molecule has 0 spiro atoms. The molecule has 0 N–H and O–H groups in total. The lowest BCUT2D eigenvalue weighted by atomic mass is 9.91. The van der Waals surface area contributed by atoms with E-state index in [2.05, 4.69) is 4.90 Å². The first-order chi connectivity index (χ1) is 9.81. The fraction of sp³-hybridized carbons (Fsp3) is 1.00. The first kappa shape index (κ1) is 16.2. The maximum Gasteiger partial charge on any atom is 0.0628 e. The third kappa shape index (κ3) is 5.32. The van der Waals surface area contributed by atoms with Gasteiger partial charge in [0.1, 0.15) is 0 Å². The minimum atomic E-state index is 0.451. The summed E-state index contributed by atoms with van der Waals surface area (Å²) in [7, 11) is 3.58. The molecule has 4 nitrogen and oxygen atoms in total. The molecular formula is C16H31NO3. The predicted molar refractivity (Wildman–Crippen MR) is 80.1 cm³/mol. The lowest BCUT2D eigenvalue weighted by molar-refractivity contribution is -0.126. The highest BCUT2D eigenvalue weighted by atomic mass is 16.5. The largest absolute Gasteiger partial charge is 0.385 e. The van der Waals surface area contributed by atoms with Crippen molar-refractivity contribution in [2.45, 2.75) is 63.3 Å². The number of rotatable bonds is 9. The van der Waals surface area contributed by atoms with Crippen LogP contribution in [0.3, 0.4) is 0 Å². The van der Waals surface area contributed by atoms with Gasteiger partial charge in [0.05, 0.1) is 18.3 Å². The van der Waals surface area contributed by atoms with Crippen LogP contribution in [0.5, 0.6) is 0 Å². The van der Waals surface area contributed by atoms with Crippen molar-refractivity contribution >= 4 is 0 Å². The Labute approximate surface area is 123 Å². The van der Waals surface area contributed by atoms with Gasteiger partial charge in [-0.05, 0) is 51.5 Å². The van der Waals surface area contributed by atoms with Crippen molar-refractivity contribution in [2.24, 2.45) is 0 Å². The first-order valence-corrected chi connectivity index (χ1v) is 8.21. The Kier molecular flexibility index (Phi) is 7.28. The van der Waals surface area contributed by atoms with Crippen molar-refractivity contribution < 1.29 is 14.2 Å². The fourth-order valence-electron chi connectivity index (χ4n) is 3.12. The molecule has 0 aromatic carbocycles. The van der Waals surface area contributed by atoms with Gasteiger partial charge in [-0.1, -0.05) is 0 Å². The molecule has 1 aliphatic heterocycles. The molecule has 0 atom stereocenters. The van der Waals surface area contributed by atoms with E-state index in [9.17, 15) is 0 Å². The summed E-state index contributed by atoms with van der Waals surface area (Å²) in [5.41, 5.74) is 0. The van der Waals surface area contributed by atoms with Gasteiger partial charge in [-0.15, -0.1) is 0 Å². The van der Waals surface area contributed by atoms with Crippen molar-refractivity contribution in [3.05, 3.63) is 0 Å². The summed E-state index contributed by atoms with van der Waals surface area (Å²) >= 11 is 0. The van der Waals surface area contributed by atoms with E-state index >= 15 is 0 Å². The number of hydrogen-bond donors (Lipinski definition) is 0. The van der Waals surface area contributed by atoms with Crippen molar-refractivity contribution in [3.8, 4) is 0 Å². The van der Waals surface area contributed by atoms with E-state index in [4.69, 9.17) is 14.2 Å². The van der Waals surface area contributed by atoms with Crippen LogP contribution in [-0.2, 0) is 14.2 Å². The van der Waals surface area contributed by atoms with E-state index in [1.54, 1.807) is 14.2 Å². The minimum Gasteiger partial charge on any atom is -0.385 e. The van der Waals surface area contributed by atoms with Gasteiger partial charge in [-0.25, -0.2) is 0 Å². The Morgan fingerprint density at radius 1 is 0.900 bits per heavy atom. The summed E-state index contributed by atoms with van der Waals surface area (Å²) < 4.78 is 16.5. The van der Waals surface area contributed by atoms with Gasteiger partial charge in [0.2, 0.25) is 0 Å². The first-order valence-electron chi connectivity index (χ1n) is 8.21. The van der Waals surface area contributed by atoms with Crippen LogP contribution >= 0.6 is 0 Å². The highest BCUT2D eigenvalue weighted by molar-refractivity contribution is 4.83. The van der Waals surface area contributed by atoms with Crippen LogP contribution in [0.4, 0.5) is 0 Å². The fourth-order valence-corrected chi connectivity index (χ4v) is 3.12. The van der Waals surface area contributed by atoms with Gasteiger partial charge < -0.3 is 19.1 Å². The Morgan fingerprint density at radius 3 is 2.30 bits per heavy atom. The Morgan fingerprint density at radius 2 is 1.65 bits per heavy atom. The Hall–Kier alpha value is -0.160. The second-order valence-corrected chi connectivity index (χ2v) is 6.18. The molecule has 118 valence electrons. The van der Waals surface area contributed by atoms with E-state index in [1.807, 2.05) is 0 Å². The molecule has 0 amide bonds. The third-order valence-corrected chi connectivity index (χ3v) is 4.63. The summed E-state index contributed by atoms with van der Waals surface area (Å²) in [6.07, 6.45) is 9.77. The Balaban J connectivity index is 1.48. The van der Waals surface area contributed by atoms with Crippen LogP contribution in [0, 0.1) is 0 Å². The monoisotopic (exact) mass is 285 g/mol. The molecule has 0 aromatic heterocycles. The summed E-state index contributed by atoms with van der Waals surface area (Å²) in [6.45, 7) is 4.55. The number of piperidine rings is 1. The van der Waals surface area contributed by atoms with Crippen LogP contribution < -0.4 is 0 Å². The van der Waals surface area contributed by atoms with Crippen LogP contribution in [0.2, 0.25) is 0 Å². The van der Waals surface area contributed by atoms with Crippen LogP contribution in [0.15, 0.2) is 0 Å².